The molecule has 2 aromatic carbocycles. The molecule has 0 bridgehead atoms. The molecule has 0 aliphatic carbocycles. The molecule has 2 saturated heterocycles. The van der Waals surface area contributed by atoms with Crippen LogP contribution in [-0.2, 0) is 11.4 Å². The smallest absolute Gasteiger partial charge is 0.254 e. The zero-order valence-electron chi connectivity index (χ0n) is 20.8. The number of carbonyl (C=O) groups excluding carboxylic acids is 2. The molecule has 2 heterocycles. The summed E-state index contributed by atoms with van der Waals surface area (Å²) in [6.07, 6.45) is 6.01. The molecule has 35 heavy (non-hydrogen) atoms. The Labute approximate surface area is 207 Å². The van der Waals surface area contributed by atoms with Gasteiger partial charge in [-0.15, -0.1) is 0 Å². The summed E-state index contributed by atoms with van der Waals surface area (Å²) in [6.45, 7) is 3.24. The number of amides is 2. The second kappa shape index (κ2) is 12.0. The van der Waals surface area contributed by atoms with Crippen molar-refractivity contribution in [2.45, 2.75) is 45.1 Å². The lowest BCUT2D eigenvalue weighted by atomic mass is 9.94. The van der Waals surface area contributed by atoms with Crippen molar-refractivity contribution in [3.8, 4) is 17.2 Å². The van der Waals surface area contributed by atoms with E-state index in [4.69, 9.17) is 14.2 Å². The molecule has 7 heteroatoms. The SMILES string of the molecule is COc1cc(C(=O)N2CCC(C(=O)N3CCCCCC3)CC2)cc(OC)c1OCc1ccccc1. The standard InChI is InChI=1S/C28H36N2O5/c1-33-24-18-23(19-25(34-2)26(24)35-20-21-10-6-5-7-11-21)28(32)30-16-12-22(13-17-30)27(31)29-14-8-3-4-9-15-29/h5-7,10-11,18-19,22H,3-4,8-9,12-17,20H2,1-2H3. The van der Waals surface area contributed by atoms with Crippen molar-refractivity contribution in [1.29, 1.82) is 0 Å². The van der Waals surface area contributed by atoms with Crippen LogP contribution in [0, 0.1) is 5.92 Å². The third-order valence-corrected chi connectivity index (χ3v) is 6.98. The van der Waals surface area contributed by atoms with Gasteiger partial charge in [0.15, 0.2) is 11.5 Å². The van der Waals surface area contributed by atoms with E-state index in [0.29, 0.717) is 55.4 Å². The predicted molar refractivity (Wildman–Crippen MR) is 134 cm³/mol. The Kier molecular flexibility index (Phi) is 8.50. The first-order valence-corrected chi connectivity index (χ1v) is 12.6. The van der Waals surface area contributed by atoms with Gasteiger partial charge in [-0.1, -0.05) is 43.2 Å². The van der Waals surface area contributed by atoms with E-state index < -0.39 is 0 Å². The van der Waals surface area contributed by atoms with Crippen LogP contribution < -0.4 is 14.2 Å². The molecule has 0 N–H and O–H groups in total. The van der Waals surface area contributed by atoms with E-state index >= 15 is 0 Å². The second-order valence-corrected chi connectivity index (χ2v) is 9.29. The number of piperidine rings is 1. The summed E-state index contributed by atoms with van der Waals surface area (Å²) in [4.78, 5) is 30.2. The first-order valence-electron chi connectivity index (χ1n) is 12.6. The molecule has 0 saturated carbocycles. The molecule has 0 aromatic heterocycles. The highest BCUT2D eigenvalue weighted by Crippen LogP contribution is 2.39. The number of ether oxygens (including phenoxy) is 3. The molecule has 0 radical (unpaired) electrons. The molecule has 2 aliphatic rings. The van der Waals surface area contributed by atoms with Gasteiger partial charge < -0.3 is 24.0 Å². The molecule has 2 aliphatic heterocycles. The van der Waals surface area contributed by atoms with E-state index in [1.165, 1.54) is 12.8 Å². The average molecular weight is 481 g/mol. The number of methoxy groups -OCH3 is 2. The normalized spacial score (nSPS) is 17.0. The maximum absolute atomic E-state index is 13.3. The molecule has 2 amide bonds. The van der Waals surface area contributed by atoms with Crippen LogP contribution in [-0.4, -0.2) is 62.0 Å². The fourth-order valence-corrected chi connectivity index (χ4v) is 4.94. The minimum Gasteiger partial charge on any atom is -0.493 e. The van der Waals surface area contributed by atoms with Crippen LogP contribution >= 0.6 is 0 Å². The summed E-state index contributed by atoms with van der Waals surface area (Å²) in [6, 6.07) is 13.3. The molecule has 7 nitrogen and oxygen atoms in total. The van der Waals surface area contributed by atoms with E-state index in [2.05, 4.69) is 0 Å². The van der Waals surface area contributed by atoms with Crippen molar-refractivity contribution in [3.05, 3.63) is 53.6 Å². The van der Waals surface area contributed by atoms with Gasteiger partial charge in [0, 0.05) is 37.7 Å². The molecule has 0 spiro atoms. The predicted octanol–water partition coefficient (Wildman–Crippen LogP) is 4.54. The third-order valence-electron chi connectivity index (χ3n) is 6.98. The van der Waals surface area contributed by atoms with Gasteiger partial charge in [0.1, 0.15) is 6.61 Å². The van der Waals surface area contributed by atoms with E-state index in [9.17, 15) is 9.59 Å². The highest BCUT2D eigenvalue weighted by Gasteiger charge is 2.31. The third kappa shape index (κ3) is 6.08. The van der Waals surface area contributed by atoms with Crippen LogP contribution in [0.5, 0.6) is 17.2 Å². The van der Waals surface area contributed by atoms with E-state index in [1.54, 1.807) is 26.4 Å². The number of likely N-dealkylation sites (tertiary alicyclic amines) is 2. The number of benzene rings is 2. The Hall–Kier alpha value is -3.22. The number of hydrogen-bond donors (Lipinski definition) is 0. The van der Waals surface area contributed by atoms with Crippen LogP contribution in [0.25, 0.3) is 0 Å². The summed E-state index contributed by atoms with van der Waals surface area (Å²) >= 11 is 0. The van der Waals surface area contributed by atoms with Gasteiger partial charge in [-0.3, -0.25) is 9.59 Å². The Bertz CT molecular complexity index is 969. The lowest BCUT2D eigenvalue weighted by Gasteiger charge is -2.34. The molecule has 0 atom stereocenters. The van der Waals surface area contributed by atoms with Gasteiger partial charge in [0.05, 0.1) is 14.2 Å². The van der Waals surface area contributed by atoms with Gasteiger partial charge in [-0.25, -0.2) is 0 Å². The summed E-state index contributed by atoms with van der Waals surface area (Å²) in [7, 11) is 3.11. The Morgan fingerprint density at radius 1 is 0.829 bits per heavy atom. The van der Waals surface area contributed by atoms with Crippen molar-refractivity contribution < 1.29 is 23.8 Å². The summed E-state index contributed by atoms with van der Waals surface area (Å²) in [5.74, 6) is 1.57. The monoisotopic (exact) mass is 480 g/mol. The largest absolute Gasteiger partial charge is 0.493 e. The Morgan fingerprint density at radius 2 is 1.43 bits per heavy atom. The van der Waals surface area contributed by atoms with Crippen molar-refractivity contribution in [1.82, 2.24) is 9.80 Å². The highest BCUT2D eigenvalue weighted by atomic mass is 16.5. The molecular formula is C28H36N2O5. The first-order chi connectivity index (χ1) is 17.1. The van der Waals surface area contributed by atoms with Crippen molar-refractivity contribution >= 4 is 11.8 Å². The van der Waals surface area contributed by atoms with Crippen LogP contribution in [0.4, 0.5) is 0 Å². The lowest BCUT2D eigenvalue weighted by Crippen LogP contribution is -2.44. The maximum atomic E-state index is 13.3. The molecule has 188 valence electrons. The summed E-state index contributed by atoms with van der Waals surface area (Å²) in [5.41, 5.74) is 1.51. The van der Waals surface area contributed by atoms with Gasteiger partial charge in [0.25, 0.3) is 5.91 Å². The van der Waals surface area contributed by atoms with Gasteiger partial charge in [-0.05, 0) is 43.4 Å². The lowest BCUT2D eigenvalue weighted by molar-refractivity contribution is -0.136. The fourth-order valence-electron chi connectivity index (χ4n) is 4.94. The Morgan fingerprint density at radius 3 is 2.00 bits per heavy atom. The average Bonchev–Trinajstić information content (AvgIpc) is 3.21. The van der Waals surface area contributed by atoms with E-state index in [1.807, 2.05) is 40.1 Å². The zero-order valence-corrected chi connectivity index (χ0v) is 20.8. The topological polar surface area (TPSA) is 68.3 Å². The minimum absolute atomic E-state index is 0.00925. The van der Waals surface area contributed by atoms with E-state index in [-0.39, 0.29) is 17.7 Å². The van der Waals surface area contributed by atoms with Gasteiger partial charge in [0.2, 0.25) is 11.7 Å². The summed E-state index contributed by atoms with van der Waals surface area (Å²) < 4.78 is 17.1. The first kappa shape index (κ1) is 24.9. The number of rotatable bonds is 7. The number of carbonyl (C=O) groups is 2. The van der Waals surface area contributed by atoms with Crippen LogP contribution in [0.2, 0.25) is 0 Å². The molecule has 2 aromatic rings. The van der Waals surface area contributed by atoms with Gasteiger partial charge in [-0.2, -0.15) is 0 Å². The van der Waals surface area contributed by atoms with Gasteiger partial charge >= 0.3 is 0 Å². The van der Waals surface area contributed by atoms with Crippen LogP contribution in [0.15, 0.2) is 42.5 Å². The Balaban J connectivity index is 1.41. The molecule has 4 rings (SSSR count). The molecular weight excluding hydrogens is 444 g/mol. The quantitative estimate of drug-likeness (QED) is 0.582. The number of hydrogen-bond acceptors (Lipinski definition) is 5. The molecule has 2 fully saturated rings. The fraction of sp³-hybridized carbons (Fsp3) is 0.500. The second-order valence-electron chi connectivity index (χ2n) is 9.29. The van der Waals surface area contributed by atoms with Crippen molar-refractivity contribution in [3.63, 3.8) is 0 Å². The van der Waals surface area contributed by atoms with E-state index in [0.717, 1.165) is 31.5 Å². The van der Waals surface area contributed by atoms with Crippen LogP contribution in [0.3, 0.4) is 0 Å². The number of nitrogens with zero attached hydrogens (tertiary/aromatic N) is 2. The zero-order chi connectivity index (χ0) is 24.6. The highest BCUT2D eigenvalue weighted by molar-refractivity contribution is 5.96. The maximum Gasteiger partial charge on any atom is 0.254 e. The van der Waals surface area contributed by atoms with Crippen LogP contribution in [0.1, 0.15) is 54.4 Å². The minimum atomic E-state index is -0.0862. The summed E-state index contributed by atoms with van der Waals surface area (Å²) in [5, 5.41) is 0. The molecule has 0 unspecified atom stereocenters. The van der Waals surface area contributed by atoms with Crippen molar-refractivity contribution in [2.24, 2.45) is 5.92 Å². The van der Waals surface area contributed by atoms with Crippen molar-refractivity contribution in [2.75, 3.05) is 40.4 Å².